The van der Waals surface area contributed by atoms with Crippen molar-refractivity contribution in [1.29, 1.82) is 0 Å². The summed E-state index contributed by atoms with van der Waals surface area (Å²) in [6, 6.07) is 0. The number of carboxylic acids is 1. The predicted octanol–water partition coefficient (Wildman–Crippen LogP) is 4.74. The lowest BCUT2D eigenvalue weighted by atomic mass is 9.42. The van der Waals surface area contributed by atoms with E-state index in [0.29, 0.717) is 18.8 Å². The van der Waals surface area contributed by atoms with Crippen LogP contribution < -0.4 is 0 Å². The average Bonchev–Trinajstić information content (AvgIpc) is 2.64. The summed E-state index contributed by atoms with van der Waals surface area (Å²) in [7, 11) is 0. The zero-order valence-electron chi connectivity index (χ0n) is 19.1. The van der Waals surface area contributed by atoms with E-state index in [1.165, 1.54) is 11.1 Å². The lowest BCUT2D eigenvalue weighted by Crippen LogP contribution is -2.65. The summed E-state index contributed by atoms with van der Waals surface area (Å²) in [4.78, 5) is 25.0. The van der Waals surface area contributed by atoms with Gasteiger partial charge in [-0.3, -0.25) is 9.59 Å². The number of carboxylic acid groups (broad SMARTS) is 1. The van der Waals surface area contributed by atoms with Crippen molar-refractivity contribution in [2.75, 3.05) is 0 Å². The number of carbonyl (C=O) groups is 2. The fourth-order valence-corrected chi connectivity index (χ4v) is 7.07. The molecule has 0 aliphatic heterocycles. The maximum atomic E-state index is 12.6. The summed E-state index contributed by atoms with van der Waals surface area (Å²) in [6.07, 6.45) is 4.51. The third-order valence-corrected chi connectivity index (χ3v) is 8.53. The third-order valence-electron chi connectivity index (χ3n) is 8.53. The predicted molar refractivity (Wildman–Crippen MR) is 116 cm³/mol. The third kappa shape index (κ3) is 3.53. The first-order valence-corrected chi connectivity index (χ1v) is 11.4. The van der Waals surface area contributed by atoms with E-state index < -0.39 is 29.5 Å². The Kier molecular flexibility index (Phi) is 6.26. The molecule has 2 fully saturated rings. The van der Waals surface area contributed by atoms with E-state index in [2.05, 4.69) is 20.4 Å². The first-order valence-electron chi connectivity index (χ1n) is 11.4. The molecule has 2 saturated carbocycles. The SMILES string of the molecule is C=CC1=C(C)[C@H]2C[C@@H](O)[C@@H]3[C@](C)(CC[C@@H](OC(=O)CC(C)C)[C@@]3(C)C(=O)O)[C@H]2CC1. The van der Waals surface area contributed by atoms with Crippen molar-refractivity contribution in [3.8, 4) is 0 Å². The molecular weight excluding hydrogens is 380 g/mol. The van der Waals surface area contributed by atoms with Crippen LogP contribution in [-0.4, -0.2) is 34.4 Å². The number of fused-ring (bicyclic) bond motifs is 3. The van der Waals surface area contributed by atoms with E-state index in [1.807, 2.05) is 19.9 Å². The minimum absolute atomic E-state index is 0.152. The number of aliphatic hydroxyl groups excluding tert-OH is 1. The molecule has 0 aromatic carbocycles. The first kappa shape index (κ1) is 23.1. The zero-order valence-corrected chi connectivity index (χ0v) is 19.1. The second kappa shape index (κ2) is 8.14. The molecule has 3 aliphatic rings. The monoisotopic (exact) mass is 418 g/mol. The van der Waals surface area contributed by atoms with Gasteiger partial charge in [-0.05, 0) is 74.7 Å². The summed E-state index contributed by atoms with van der Waals surface area (Å²) in [5.74, 6) is -1.05. The maximum Gasteiger partial charge on any atom is 0.313 e. The highest BCUT2D eigenvalue weighted by Gasteiger charge is 2.66. The Morgan fingerprint density at radius 2 is 1.97 bits per heavy atom. The average molecular weight is 419 g/mol. The van der Waals surface area contributed by atoms with E-state index in [4.69, 9.17) is 4.74 Å². The number of rotatable bonds is 5. The van der Waals surface area contributed by atoms with Crippen LogP contribution in [0.2, 0.25) is 0 Å². The van der Waals surface area contributed by atoms with Crippen molar-refractivity contribution < 1.29 is 24.5 Å². The van der Waals surface area contributed by atoms with Gasteiger partial charge in [-0.25, -0.2) is 0 Å². The molecule has 168 valence electrons. The van der Waals surface area contributed by atoms with Gasteiger partial charge in [0.1, 0.15) is 11.5 Å². The van der Waals surface area contributed by atoms with E-state index >= 15 is 0 Å². The van der Waals surface area contributed by atoms with Crippen molar-refractivity contribution in [2.45, 2.75) is 85.4 Å². The van der Waals surface area contributed by atoms with Crippen LogP contribution >= 0.6 is 0 Å². The minimum Gasteiger partial charge on any atom is -0.481 e. The number of aliphatic carboxylic acids is 1. The molecule has 30 heavy (non-hydrogen) atoms. The molecule has 0 unspecified atom stereocenters. The Bertz CT molecular complexity index is 753. The number of ether oxygens (including phenoxy) is 1. The molecule has 0 bridgehead atoms. The van der Waals surface area contributed by atoms with Crippen molar-refractivity contribution in [2.24, 2.45) is 34.5 Å². The van der Waals surface area contributed by atoms with Crippen LogP contribution in [0.4, 0.5) is 0 Å². The van der Waals surface area contributed by atoms with Crippen LogP contribution in [0.3, 0.4) is 0 Å². The molecular formula is C25H38O5. The molecule has 0 radical (unpaired) electrons. The van der Waals surface area contributed by atoms with Gasteiger partial charge in [-0.15, -0.1) is 0 Å². The largest absolute Gasteiger partial charge is 0.481 e. The Balaban J connectivity index is 1.98. The maximum absolute atomic E-state index is 12.6. The van der Waals surface area contributed by atoms with Crippen LogP contribution in [0.25, 0.3) is 0 Å². The van der Waals surface area contributed by atoms with Crippen LogP contribution in [0.15, 0.2) is 23.8 Å². The quantitative estimate of drug-likeness (QED) is 0.630. The number of hydrogen-bond acceptors (Lipinski definition) is 4. The number of esters is 1. The second-order valence-electron chi connectivity index (χ2n) is 10.7. The van der Waals surface area contributed by atoms with Gasteiger partial charge < -0.3 is 14.9 Å². The summed E-state index contributed by atoms with van der Waals surface area (Å²) in [5.41, 5.74) is 0.940. The molecule has 0 aromatic rings. The molecule has 0 saturated heterocycles. The molecule has 5 nitrogen and oxygen atoms in total. The Hall–Kier alpha value is -1.62. The molecule has 3 aliphatic carbocycles. The van der Waals surface area contributed by atoms with Gasteiger partial charge in [-0.1, -0.05) is 39.0 Å². The molecule has 5 heteroatoms. The fraction of sp³-hybridized carbons (Fsp3) is 0.760. The summed E-state index contributed by atoms with van der Waals surface area (Å²) >= 11 is 0. The Morgan fingerprint density at radius 3 is 2.53 bits per heavy atom. The van der Waals surface area contributed by atoms with E-state index in [0.717, 1.165) is 19.3 Å². The van der Waals surface area contributed by atoms with Crippen LogP contribution in [0, 0.1) is 34.5 Å². The fourth-order valence-electron chi connectivity index (χ4n) is 7.07. The number of carbonyl (C=O) groups excluding carboxylic acids is 1. The van der Waals surface area contributed by atoms with Crippen LogP contribution in [-0.2, 0) is 14.3 Å². The lowest BCUT2D eigenvalue weighted by molar-refractivity contribution is -0.222. The highest BCUT2D eigenvalue weighted by molar-refractivity contribution is 5.77. The normalized spacial score (nSPS) is 41.1. The number of hydrogen-bond donors (Lipinski definition) is 2. The van der Waals surface area contributed by atoms with E-state index in [-0.39, 0.29) is 29.6 Å². The highest BCUT2D eigenvalue weighted by Crippen LogP contribution is 2.65. The van der Waals surface area contributed by atoms with Gasteiger partial charge in [-0.2, -0.15) is 0 Å². The topological polar surface area (TPSA) is 83.8 Å². The molecule has 0 spiro atoms. The molecule has 7 atom stereocenters. The summed E-state index contributed by atoms with van der Waals surface area (Å²) in [6.45, 7) is 13.8. The first-order chi connectivity index (χ1) is 14.0. The molecule has 2 N–H and O–H groups in total. The van der Waals surface area contributed by atoms with Crippen molar-refractivity contribution in [3.63, 3.8) is 0 Å². The van der Waals surface area contributed by atoms with Crippen molar-refractivity contribution in [3.05, 3.63) is 23.8 Å². The number of aliphatic hydroxyl groups is 1. The second-order valence-corrected chi connectivity index (χ2v) is 10.7. The van der Waals surface area contributed by atoms with Crippen LogP contribution in [0.1, 0.15) is 73.1 Å². The summed E-state index contributed by atoms with van der Waals surface area (Å²) in [5, 5.41) is 21.7. The minimum atomic E-state index is -1.31. The lowest BCUT2D eigenvalue weighted by Gasteiger charge is -2.63. The molecule has 3 rings (SSSR count). The van der Waals surface area contributed by atoms with Gasteiger partial charge in [0, 0.05) is 12.3 Å². The standard InChI is InChI=1S/C25H38O5/c1-7-16-8-9-18-17(15(16)4)13-19(26)22-24(18,5)11-10-20(25(22,6)23(28)29)30-21(27)12-14(2)3/h7,14,17-20,22,26H,1,8-13H2,2-6H3,(H,28,29)/t17-,18+,19-,20-,22-,24-,25-/m1/s1. The summed E-state index contributed by atoms with van der Waals surface area (Å²) < 4.78 is 5.76. The molecule has 0 amide bonds. The van der Waals surface area contributed by atoms with Gasteiger partial charge in [0.15, 0.2) is 0 Å². The van der Waals surface area contributed by atoms with Crippen molar-refractivity contribution >= 4 is 11.9 Å². The smallest absolute Gasteiger partial charge is 0.313 e. The molecule has 0 heterocycles. The Labute approximate surface area is 180 Å². The molecule has 0 aromatic heterocycles. The van der Waals surface area contributed by atoms with Gasteiger partial charge >= 0.3 is 11.9 Å². The van der Waals surface area contributed by atoms with Crippen molar-refractivity contribution in [1.82, 2.24) is 0 Å². The van der Waals surface area contributed by atoms with Gasteiger partial charge in [0.25, 0.3) is 0 Å². The van der Waals surface area contributed by atoms with Gasteiger partial charge in [0.2, 0.25) is 0 Å². The van der Waals surface area contributed by atoms with Crippen LogP contribution in [0.5, 0.6) is 0 Å². The van der Waals surface area contributed by atoms with Gasteiger partial charge in [0.05, 0.1) is 6.10 Å². The highest BCUT2D eigenvalue weighted by atomic mass is 16.5. The van der Waals surface area contributed by atoms with E-state index in [9.17, 15) is 19.8 Å². The number of allylic oxidation sites excluding steroid dienone is 3. The Morgan fingerprint density at radius 1 is 1.30 bits per heavy atom. The zero-order chi connectivity index (χ0) is 22.4. The van der Waals surface area contributed by atoms with E-state index in [1.54, 1.807) is 6.92 Å².